The van der Waals surface area contributed by atoms with Crippen molar-refractivity contribution in [3.05, 3.63) is 52.7 Å². The highest BCUT2D eigenvalue weighted by atomic mass is 35.5. The first-order valence-corrected chi connectivity index (χ1v) is 7.58. The zero-order chi connectivity index (χ0) is 13.7. The fourth-order valence-corrected chi connectivity index (χ4v) is 2.92. The molecule has 0 unspecified atom stereocenters. The van der Waals surface area contributed by atoms with Crippen LogP contribution in [0.4, 0.5) is 5.69 Å². The third-order valence-corrected chi connectivity index (χ3v) is 3.86. The average Bonchev–Trinajstić information content (AvgIpc) is 2.35. The Balaban J connectivity index is 1.82. The number of halogens is 1. The van der Waals surface area contributed by atoms with Gasteiger partial charge in [-0.1, -0.05) is 23.7 Å². The van der Waals surface area contributed by atoms with Crippen molar-refractivity contribution >= 4 is 29.1 Å². The molecule has 0 atom stereocenters. The summed E-state index contributed by atoms with van der Waals surface area (Å²) < 4.78 is 0. The monoisotopic (exact) mass is 292 g/mol. The summed E-state index contributed by atoms with van der Waals surface area (Å²) in [5, 5.41) is 5.17. The van der Waals surface area contributed by atoms with Crippen molar-refractivity contribution in [2.75, 3.05) is 17.6 Å². The third-order valence-electron chi connectivity index (χ3n) is 2.62. The van der Waals surface area contributed by atoms with Crippen molar-refractivity contribution in [2.45, 2.75) is 18.9 Å². The minimum Gasteiger partial charge on any atom is -0.383 e. The van der Waals surface area contributed by atoms with Crippen molar-refractivity contribution in [3.8, 4) is 0 Å². The first-order chi connectivity index (χ1) is 9.15. The number of nitrogens with one attached hydrogen (secondary N) is 1. The number of aryl methyl sites for hydroxylation is 2. The molecule has 0 aliphatic carbocycles. The van der Waals surface area contributed by atoms with Gasteiger partial charge in [-0.3, -0.25) is 0 Å². The van der Waals surface area contributed by atoms with E-state index in [2.05, 4.69) is 29.4 Å². The van der Waals surface area contributed by atoms with Crippen LogP contribution in [0.5, 0.6) is 0 Å². The molecule has 0 amide bonds. The van der Waals surface area contributed by atoms with Crippen LogP contribution in [0.3, 0.4) is 0 Å². The van der Waals surface area contributed by atoms with Gasteiger partial charge in [0.05, 0.1) is 15.7 Å². The molecule has 1 N–H and O–H groups in total. The molecule has 0 saturated carbocycles. The lowest BCUT2D eigenvalue weighted by molar-refractivity contribution is 1.04. The van der Waals surface area contributed by atoms with E-state index in [9.17, 15) is 0 Å². The fourth-order valence-electron chi connectivity index (χ4n) is 1.82. The molecule has 0 aliphatic rings. The summed E-state index contributed by atoms with van der Waals surface area (Å²) in [4.78, 5) is 4.51. The first kappa shape index (κ1) is 14.2. The predicted molar refractivity (Wildman–Crippen MR) is 84.4 cm³/mol. The van der Waals surface area contributed by atoms with E-state index in [-0.39, 0.29) is 0 Å². The van der Waals surface area contributed by atoms with Gasteiger partial charge in [-0.05, 0) is 43.7 Å². The summed E-state index contributed by atoms with van der Waals surface area (Å²) in [6.07, 6.45) is 0. The van der Waals surface area contributed by atoms with E-state index in [1.807, 2.05) is 31.2 Å². The van der Waals surface area contributed by atoms with Gasteiger partial charge in [-0.15, -0.1) is 11.8 Å². The van der Waals surface area contributed by atoms with Gasteiger partial charge in [-0.2, -0.15) is 0 Å². The van der Waals surface area contributed by atoms with E-state index >= 15 is 0 Å². The molecule has 0 radical (unpaired) electrons. The van der Waals surface area contributed by atoms with Gasteiger partial charge in [-0.25, -0.2) is 4.98 Å². The number of aromatic nitrogens is 1. The van der Waals surface area contributed by atoms with Crippen LogP contribution < -0.4 is 5.32 Å². The van der Waals surface area contributed by atoms with E-state index in [0.717, 1.165) is 33.7 Å². The van der Waals surface area contributed by atoms with Gasteiger partial charge >= 0.3 is 0 Å². The highest BCUT2D eigenvalue weighted by Gasteiger charge is 2.00. The van der Waals surface area contributed by atoms with Crippen LogP contribution >= 0.6 is 23.4 Å². The van der Waals surface area contributed by atoms with Crippen molar-refractivity contribution in [1.29, 1.82) is 0 Å². The van der Waals surface area contributed by atoms with Crippen molar-refractivity contribution < 1.29 is 0 Å². The maximum absolute atomic E-state index is 6.08. The number of anilines is 1. The van der Waals surface area contributed by atoms with Crippen LogP contribution in [0.1, 0.15) is 11.3 Å². The van der Waals surface area contributed by atoms with E-state index in [1.54, 1.807) is 11.8 Å². The highest BCUT2D eigenvalue weighted by Crippen LogP contribution is 2.21. The summed E-state index contributed by atoms with van der Waals surface area (Å²) in [7, 11) is 0. The smallest absolute Gasteiger partial charge is 0.0966 e. The summed E-state index contributed by atoms with van der Waals surface area (Å²) in [5.41, 5.74) is 3.31. The number of thioether (sulfide) groups is 1. The zero-order valence-electron chi connectivity index (χ0n) is 11.1. The van der Waals surface area contributed by atoms with E-state index in [0.29, 0.717) is 0 Å². The molecule has 2 aromatic rings. The van der Waals surface area contributed by atoms with Gasteiger partial charge < -0.3 is 5.32 Å². The lowest BCUT2D eigenvalue weighted by Gasteiger charge is -2.08. The Hall–Kier alpha value is -1.19. The average molecular weight is 293 g/mol. The lowest BCUT2D eigenvalue weighted by atomic mass is 10.3. The Kier molecular flexibility index (Phi) is 5.11. The SMILES string of the molecule is Cc1cc(C)nc(SCCNc2ccccc2Cl)c1. The van der Waals surface area contributed by atoms with Gasteiger partial charge in [0.2, 0.25) is 0 Å². The topological polar surface area (TPSA) is 24.9 Å². The molecule has 0 fully saturated rings. The zero-order valence-corrected chi connectivity index (χ0v) is 12.7. The van der Waals surface area contributed by atoms with Crippen LogP contribution in [0.2, 0.25) is 5.02 Å². The quantitative estimate of drug-likeness (QED) is 0.646. The van der Waals surface area contributed by atoms with E-state index in [1.165, 1.54) is 5.56 Å². The number of pyridine rings is 1. The molecular formula is C15H17ClN2S. The minimum absolute atomic E-state index is 0.761. The number of benzene rings is 1. The Morgan fingerprint density at radius 2 is 2.00 bits per heavy atom. The number of hydrogen-bond donors (Lipinski definition) is 1. The van der Waals surface area contributed by atoms with Gasteiger partial charge in [0.1, 0.15) is 0 Å². The molecule has 0 saturated heterocycles. The van der Waals surface area contributed by atoms with Crippen molar-refractivity contribution in [2.24, 2.45) is 0 Å². The van der Waals surface area contributed by atoms with Gasteiger partial charge in [0.25, 0.3) is 0 Å². The second-order valence-corrected chi connectivity index (χ2v) is 5.90. The summed E-state index contributed by atoms with van der Waals surface area (Å²) >= 11 is 7.84. The molecule has 2 nitrogen and oxygen atoms in total. The molecule has 1 aromatic carbocycles. The van der Waals surface area contributed by atoms with Crippen LogP contribution in [0, 0.1) is 13.8 Å². The normalized spacial score (nSPS) is 10.5. The summed E-state index contributed by atoms with van der Waals surface area (Å²) in [5.74, 6) is 0.959. The second-order valence-electron chi connectivity index (χ2n) is 4.38. The van der Waals surface area contributed by atoms with Crippen LogP contribution in [-0.2, 0) is 0 Å². The molecule has 100 valence electrons. The first-order valence-electron chi connectivity index (χ1n) is 6.21. The Morgan fingerprint density at radius 1 is 1.21 bits per heavy atom. The largest absolute Gasteiger partial charge is 0.383 e. The molecule has 0 aliphatic heterocycles. The maximum atomic E-state index is 6.08. The molecule has 1 heterocycles. The molecular weight excluding hydrogens is 276 g/mol. The molecule has 19 heavy (non-hydrogen) atoms. The number of hydrogen-bond acceptors (Lipinski definition) is 3. The van der Waals surface area contributed by atoms with Crippen LogP contribution in [0.15, 0.2) is 41.4 Å². The van der Waals surface area contributed by atoms with Crippen LogP contribution in [0.25, 0.3) is 0 Å². The summed E-state index contributed by atoms with van der Waals surface area (Å²) in [6, 6.07) is 12.0. The maximum Gasteiger partial charge on any atom is 0.0966 e. The van der Waals surface area contributed by atoms with Gasteiger partial charge in [0, 0.05) is 18.0 Å². The van der Waals surface area contributed by atoms with E-state index < -0.39 is 0 Å². The van der Waals surface area contributed by atoms with Crippen molar-refractivity contribution in [1.82, 2.24) is 4.98 Å². The minimum atomic E-state index is 0.761. The van der Waals surface area contributed by atoms with Gasteiger partial charge in [0.15, 0.2) is 0 Å². The third kappa shape index (κ3) is 4.44. The molecule has 4 heteroatoms. The van der Waals surface area contributed by atoms with E-state index in [4.69, 9.17) is 11.6 Å². The number of para-hydroxylation sites is 1. The summed E-state index contributed by atoms with van der Waals surface area (Å²) in [6.45, 7) is 4.99. The highest BCUT2D eigenvalue weighted by molar-refractivity contribution is 7.99. The molecule has 0 bridgehead atoms. The predicted octanol–water partition coefficient (Wildman–Crippen LogP) is 4.56. The molecule has 2 rings (SSSR count). The number of nitrogens with zero attached hydrogens (tertiary/aromatic N) is 1. The van der Waals surface area contributed by atoms with Crippen molar-refractivity contribution in [3.63, 3.8) is 0 Å². The molecule has 1 aromatic heterocycles. The lowest BCUT2D eigenvalue weighted by Crippen LogP contribution is -2.04. The molecule has 0 spiro atoms. The Labute approximate surface area is 123 Å². The standard InChI is InChI=1S/C15H17ClN2S/c1-11-9-12(2)18-15(10-11)19-8-7-17-14-6-4-3-5-13(14)16/h3-6,9-10,17H,7-8H2,1-2H3. The van der Waals surface area contributed by atoms with Crippen LogP contribution in [-0.4, -0.2) is 17.3 Å². The second kappa shape index (κ2) is 6.83. The Morgan fingerprint density at radius 3 is 2.74 bits per heavy atom. The Bertz CT molecular complexity index is 537. The fraction of sp³-hybridized carbons (Fsp3) is 0.267. The number of rotatable bonds is 5.